The molecule has 11 rings (SSSR count). The number of benzene rings is 6. The molecule has 5 heterocycles. The molecule has 0 aliphatic rings. The fourth-order valence-electron chi connectivity index (χ4n) is 8.34. The summed E-state index contributed by atoms with van der Waals surface area (Å²) in [4.78, 5) is 14.3. The lowest BCUT2D eigenvalue weighted by Gasteiger charge is -2.13. The lowest BCUT2D eigenvalue weighted by Crippen LogP contribution is -1.95. The van der Waals surface area contributed by atoms with Crippen LogP contribution in [0.4, 0.5) is 0 Å². The number of fused-ring (bicyclic) bond motifs is 6. The van der Waals surface area contributed by atoms with Crippen LogP contribution in [0.1, 0.15) is 0 Å². The highest BCUT2D eigenvalue weighted by Gasteiger charge is 2.19. The van der Waals surface area contributed by atoms with Crippen molar-refractivity contribution in [1.82, 2.24) is 24.1 Å². The molecule has 0 atom stereocenters. The van der Waals surface area contributed by atoms with Gasteiger partial charge in [-0.15, -0.1) is 0 Å². The Morgan fingerprint density at radius 1 is 0.321 bits per heavy atom. The standard InChI is InChI=1S/C51H33N5/c1-2-12-39(13-3-1)56-47-19-5-4-14-42(47)43-16-10-15-41(51(43)56)35-23-26-48-44(33-35)50-49(20-11-29-54-50)55(48)40-24-21-34(22-25-40)36-30-37(45-17-6-8-27-52-45)32-38(31-36)46-18-7-9-28-53-46/h1-33H. The van der Waals surface area contributed by atoms with E-state index in [1.165, 1.54) is 27.4 Å². The first-order chi connectivity index (χ1) is 27.8. The molecule has 0 saturated carbocycles. The summed E-state index contributed by atoms with van der Waals surface area (Å²) in [5.74, 6) is 0. The van der Waals surface area contributed by atoms with Crippen LogP contribution < -0.4 is 0 Å². The Morgan fingerprint density at radius 2 is 0.929 bits per heavy atom. The second kappa shape index (κ2) is 13.0. The van der Waals surface area contributed by atoms with E-state index in [0.717, 1.165) is 72.5 Å². The molecule has 0 unspecified atom stereocenters. The Bertz CT molecular complexity index is 3160. The van der Waals surface area contributed by atoms with Crippen LogP contribution in [0.15, 0.2) is 201 Å². The first kappa shape index (κ1) is 31.9. The zero-order valence-corrected chi connectivity index (χ0v) is 30.3. The summed E-state index contributed by atoms with van der Waals surface area (Å²) in [6, 6.07) is 64.5. The number of pyridine rings is 3. The topological polar surface area (TPSA) is 48.5 Å². The van der Waals surface area contributed by atoms with Crippen molar-refractivity contribution in [3.63, 3.8) is 0 Å². The number of hydrogen-bond acceptors (Lipinski definition) is 3. The summed E-state index contributed by atoms with van der Waals surface area (Å²) in [7, 11) is 0. The Hall–Kier alpha value is -7.63. The van der Waals surface area contributed by atoms with E-state index in [4.69, 9.17) is 4.98 Å². The third-order valence-corrected chi connectivity index (χ3v) is 10.9. The Labute approximate surface area is 323 Å². The first-order valence-corrected chi connectivity index (χ1v) is 18.8. The number of para-hydroxylation sites is 3. The minimum absolute atomic E-state index is 0.929. The SMILES string of the molecule is c1ccc(-n2c3ccccc3c3cccc(-c4ccc5c(c4)c4ncccc4n5-c4ccc(-c5cc(-c6ccccn6)cc(-c6ccccn6)c5)cc4)c32)cc1. The largest absolute Gasteiger partial charge is 0.309 e. The molecule has 0 saturated heterocycles. The number of rotatable bonds is 6. The van der Waals surface area contributed by atoms with Gasteiger partial charge in [0.05, 0.1) is 39.0 Å². The molecule has 11 aromatic rings. The normalized spacial score (nSPS) is 11.6. The van der Waals surface area contributed by atoms with Gasteiger partial charge in [-0.2, -0.15) is 0 Å². The van der Waals surface area contributed by atoms with Crippen LogP contribution >= 0.6 is 0 Å². The Balaban J connectivity index is 1.05. The maximum atomic E-state index is 4.96. The molecular weight excluding hydrogens is 683 g/mol. The van der Waals surface area contributed by atoms with E-state index in [1.54, 1.807) is 0 Å². The maximum Gasteiger partial charge on any atom is 0.0963 e. The summed E-state index contributed by atoms with van der Waals surface area (Å²) in [6.45, 7) is 0. The van der Waals surface area contributed by atoms with Crippen LogP contribution in [0.25, 0.3) is 99.9 Å². The molecule has 56 heavy (non-hydrogen) atoms. The van der Waals surface area contributed by atoms with Crippen molar-refractivity contribution in [3.05, 3.63) is 201 Å². The molecule has 0 spiro atoms. The van der Waals surface area contributed by atoms with E-state index in [-0.39, 0.29) is 0 Å². The van der Waals surface area contributed by atoms with Crippen LogP contribution in [-0.2, 0) is 0 Å². The van der Waals surface area contributed by atoms with Crippen LogP contribution in [-0.4, -0.2) is 24.1 Å². The minimum Gasteiger partial charge on any atom is -0.309 e. The van der Waals surface area contributed by atoms with E-state index in [1.807, 2.05) is 48.9 Å². The van der Waals surface area contributed by atoms with Crippen molar-refractivity contribution in [2.45, 2.75) is 0 Å². The fraction of sp³-hybridized carbons (Fsp3) is 0. The highest BCUT2D eigenvalue weighted by Crippen LogP contribution is 2.41. The monoisotopic (exact) mass is 715 g/mol. The molecular formula is C51H33N5. The second-order valence-electron chi connectivity index (χ2n) is 14.1. The summed E-state index contributed by atoms with van der Waals surface area (Å²) in [6.07, 6.45) is 5.57. The van der Waals surface area contributed by atoms with Crippen molar-refractivity contribution in [3.8, 4) is 56.1 Å². The number of hydrogen-bond donors (Lipinski definition) is 0. The van der Waals surface area contributed by atoms with Crippen LogP contribution in [0, 0.1) is 0 Å². The maximum absolute atomic E-state index is 4.96. The predicted octanol–water partition coefficient (Wildman–Crippen LogP) is 12.7. The summed E-state index contributed by atoms with van der Waals surface area (Å²) < 4.78 is 4.73. The van der Waals surface area contributed by atoms with Gasteiger partial charge in [0, 0.05) is 62.8 Å². The van der Waals surface area contributed by atoms with Crippen molar-refractivity contribution in [1.29, 1.82) is 0 Å². The Morgan fingerprint density at radius 3 is 1.68 bits per heavy atom. The van der Waals surface area contributed by atoms with Crippen molar-refractivity contribution in [2.24, 2.45) is 0 Å². The van der Waals surface area contributed by atoms with E-state index < -0.39 is 0 Å². The molecule has 0 aliphatic carbocycles. The second-order valence-corrected chi connectivity index (χ2v) is 14.1. The predicted molar refractivity (Wildman–Crippen MR) is 230 cm³/mol. The highest BCUT2D eigenvalue weighted by atomic mass is 15.0. The molecule has 5 nitrogen and oxygen atoms in total. The van der Waals surface area contributed by atoms with E-state index in [2.05, 4.69) is 171 Å². The molecule has 262 valence electrons. The minimum atomic E-state index is 0.929. The van der Waals surface area contributed by atoms with Gasteiger partial charge in [0.1, 0.15) is 0 Å². The van der Waals surface area contributed by atoms with Crippen molar-refractivity contribution < 1.29 is 0 Å². The van der Waals surface area contributed by atoms with E-state index >= 15 is 0 Å². The smallest absolute Gasteiger partial charge is 0.0963 e. The first-order valence-electron chi connectivity index (χ1n) is 18.8. The molecule has 0 aliphatic heterocycles. The quantitative estimate of drug-likeness (QED) is 0.172. The number of aromatic nitrogens is 5. The van der Waals surface area contributed by atoms with Crippen molar-refractivity contribution >= 4 is 43.7 Å². The molecule has 0 N–H and O–H groups in total. The molecule has 0 amide bonds. The third-order valence-electron chi connectivity index (χ3n) is 10.9. The summed E-state index contributed by atoms with van der Waals surface area (Å²) >= 11 is 0. The van der Waals surface area contributed by atoms with Gasteiger partial charge in [-0.25, -0.2) is 0 Å². The van der Waals surface area contributed by atoms with E-state index in [0.29, 0.717) is 0 Å². The summed E-state index contributed by atoms with van der Waals surface area (Å²) in [5, 5.41) is 3.59. The zero-order chi connectivity index (χ0) is 37.0. The van der Waals surface area contributed by atoms with Gasteiger partial charge in [0.25, 0.3) is 0 Å². The van der Waals surface area contributed by atoms with Gasteiger partial charge in [-0.1, -0.05) is 84.9 Å². The van der Waals surface area contributed by atoms with Crippen LogP contribution in [0.2, 0.25) is 0 Å². The molecule has 0 radical (unpaired) electrons. The van der Waals surface area contributed by atoms with Gasteiger partial charge in [-0.3, -0.25) is 15.0 Å². The number of nitrogens with zero attached hydrogens (tertiary/aromatic N) is 5. The van der Waals surface area contributed by atoms with Crippen molar-refractivity contribution in [2.75, 3.05) is 0 Å². The summed E-state index contributed by atoms with van der Waals surface area (Å²) in [5.41, 5.74) is 16.3. The average Bonchev–Trinajstić information content (AvgIpc) is 3.80. The zero-order valence-electron chi connectivity index (χ0n) is 30.3. The average molecular weight is 716 g/mol. The van der Waals surface area contributed by atoms with Gasteiger partial charge in [0.2, 0.25) is 0 Å². The van der Waals surface area contributed by atoms with E-state index in [9.17, 15) is 0 Å². The molecule has 0 bridgehead atoms. The van der Waals surface area contributed by atoms with Crippen LogP contribution in [0.3, 0.4) is 0 Å². The lowest BCUT2D eigenvalue weighted by molar-refractivity contribution is 1.17. The highest BCUT2D eigenvalue weighted by molar-refractivity contribution is 6.15. The van der Waals surface area contributed by atoms with Gasteiger partial charge in [0.15, 0.2) is 0 Å². The third kappa shape index (κ3) is 5.21. The lowest BCUT2D eigenvalue weighted by atomic mass is 9.96. The molecule has 5 aromatic heterocycles. The molecule has 5 heteroatoms. The van der Waals surface area contributed by atoms with Gasteiger partial charge < -0.3 is 9.13 Å². The van der Waals surface area contributed by atoms with Gasteiger partial charge >= 0.3 is 0 Å². The Kier molecular flexibility index (Phi) is 7.42. The molecule has 6 aromatic carbocycles. The van der Waals surface area contributed by atoms with Crippen LogP contribution in [0.5, 0.6) is 0 Å². The van der Waals surface area contributed by atoms with Gasteiger partial charge in [-0.05, 0) is 114 Å². The molecule has 0 fully saturated rings. The fourth-order valence-corrected chi connectivity index (χ4v) is 8.34.